The van der Waals surface area contributed by atoms with E-state index in [4.69, 9.17) is 4.74 Å². The van der Waals surface area contributed by atoms with Gasteiger partial charge in [-0.1, -0.05) is 20.8 Å². The highest BCUT2D eigenvalue weighted by Crippen LogP contribution is 2.33. The van der Waals surface area contributed by atoms with Crippen molar-refractivity contribution in [1.82, 2.24) is 4.98 Å². The Morgan fingerprint density at radius 3 is 2.43 bits per heavy atom. The summed E-state index contributed by atoms with van der Waals surface area (Å²) in [7, 11) is 0. The second-order valence-corrected chi connectivity index (χ2v) is 3.34. The van der Waals surface area contributed by atoms with Crippen molar-refractivity contribution in [3.05, 3.63) is 30.1 Å². The maximum Gasteiger partial charge on any atom is 0.0852 e. The van der Waals surface area contributed by atoms with Crippen LogP contribution in [0.25, 0.3) is 0 Å². The van der Waals surface area contributed by atoms with E-state index in [0.717, 1.165) is 6.61 Å². The number of aromatic nitrogens is 1. The van der Waals surface area contributed by atoms with E-state index < -0.39 is 0 Å². The molecule has 2 heterocycles. The molecule has 1 aromatic heterocycles. The highest BCUT2D eigenvalue weighted by Gasteiger charge is 2.25. The maximum atomic E-state index is 5.62. The summed E-state index contributed by atoms with van der Waals surface area (Å²) in [5.74, 6) is 0.646. The Labute approximate surface area is 86.3 Å². The van der Waals surface area contributed by atoms with E-state index in [1.807, 2.05) is 38.4 Å². The zero-order valence-electron chi connectivity index (χ0n) is 9.23. The van der Waals surface area contributed by atoms with Crippen molar-refractivity contribution in [2.75, 3.05) is 6.61 Å². The van der Waals surface area contributed by atoms with Gasteiger partial charge in [0.05, 0.1) is 6.10 Å². The number of nitrogens with zero attached hydrogens (tertiary/aromatic N) is 1. The van der Waals surface area contributed by atoms with Gasteiger partial charge >= 0.3 is 0 Å². The Hall–Kier alpha value is -0.890. The minimum Gasteiger partial charge on any atom is -0.373 e. The lowest BCUT2D eigenvalue weighted by Gasteiger charge is -2.13. The molecule has 1 fully saturated rings. The zero-order valence-corrected chi connectivity index (χ0v) is 9.23. The van der Waals surface area contributed by atoms with E-state index in [1.54, 1.807) is 0 Å². The third-order valence-corrected chi connectivity index (χ3v) is 2.42. The molecule has 14 heavy (non-hydrogen) atoms. The van der Waals surface area contributed by atoms with Gasteiger partial charge in [-0.2, -0.15) is 0 Å². The second kappa shape index (κ2) is 5.76. The summed E-state index contributed by atoms with van der Waals surface area (Å²) in [6.45, 7) is 7.13. The molecule has 2 heteroatoms. The van der Waals surface area contributed by atoms with Crippen molar-refractivity contribution in [1.29, 1.82) is 0 Å². The molecule has 1 saturated heterocycles. The maximum absolute atomic E-state index is 5.62. The molecule has 0 aliphatic carbocycles. The van der Waals surface area contributed by atoms with Crippen molar-refractivity contribution in [3.8, 4) is 0 Å². The summed E-state index contributed by atoms with van der Waals surface area (Å²) < 4.78 is 5.62. The van der Waals surface area contributed by atoms with E-state index in [1.165, 1.54) is 12.0 Å². The van der Waals surface area contributed by atoms with E-state index >= 15 is 0 Å². The van der Waals surface area contributed by atoms with E-state index in [9.17, 15) is 0 Å². The summed E-state index contributed by atoms with van der Waals surface area (Å²) in [6, 6.07) is 4.07. The molecule has 2 rings (SSSR count). The fourth-order valence-corrected chi connectivity index (χ4v) is 1.67. The van der Waals surface area contributed by atoms with Gasteiger partial charge in [-0.05, 0) is 30.0 Å². The predicted octanol–water partition coefficient (Wildman–Crippen LogP) is 3.21. The SMILES string of the molecule is CC.CC1CCOC1c1ccncc1. The third-order valence-electron chi connectivity index (χ3n) is 2.42. The predicted molar refractivity (Wildman–Crippen MR) is 58.1 cm³/mol. The first-order valence-electron chi connectivity index (χ1n) is 5.39. The molecule has 1 aliphatic heterocycles. The summed E-state index contributed by atoms with van der Waals surface area (Å²) in [5.41, 5.74) is 1.26. The Bertz CT molecular complexity index is 248. The molecule has 1 aromatic rings. The fraction of sp³-hybridized carbons (Fsp3) is 0.583. The van der Waals surface area contributed by atoms with Crippen LogP contribution < -0.4 is 0 Å². The number of hydrogen-bond donors (Lipinski definition) is 0. The van der Waals surface area contributed by atoms with Crippen LogP contribution in [0.3, 0.4) is 0 Å². The Kier molecular flexibility index (Phi) is 4.60. The lowest BCUT2D eigenvalue weighted by Crippen LogP contribution is -2.03. The van der Waals surface area contributed by atoms with E-state index in [0.29, 0.717) is 12.0 Å². The average molecular weight is 193 g/mol. The molecule has 0 aromatic carbocycles. The van der Waals surface area contributed by atoms with Crippen molar-refractivity contribution in [3.63, 3.8) is 0 Å². The van der Waals surface area contributed by atoms with Crippen LogP contribution in [-0.2, 0) is 4.74 Å². The third kappa shape index (κ3) is 2.55. The molecule has 0 spiro atoms. The van der Waals surface area contributed by atoms with Crippen molar-refractivity contribution < 1.29 is 4.74 Å². The standard InChI is InChI=1S/C10H13NO.C2H6/c1-8-4-7-12-10(8)9-2-5-11-6-3-9;1-2/h2-3,5-6,8,10H,4,7H2,1H3;1-2H3. The van der Waals surface area contributed by atoms with Gasteiger partial charge in [0.25, 0.3) is 0 Å². The lowest BCUT2D eigenvalue weighted by molar-refractivity contribution is 0.0944. The number of rotatable bonds is 1. The van der Waals surface area contributed by atoms with Gasteiger partial charge in [0.15, 0.2) is 0 Å². The normalized spacial score (nSPS) is 25.4. The Morgan fingerprint density at radius 1 is 1.29 bits per heavy atom. The first kappa shape index (κ1) is 11.2. The zero-order chi connectivity index (χ0) is 10.4. The van der Waals surface area contributed by atoms with Crippen LogP contribution in [0.2, 0.25) is 0 Å². The molecule has 0 saturated carbocycles. The molecular weight excluding hydrogens is 174 g/mol. The molecule has 0 amide bonds. The van der Waals surface area contributed by atoms with Crippen LogP contribution in [0, 0.1) is 5.92 Å². The molecule has 1 aliphatic rings. The van der Waals surface area contributed by atoms with Gasteiger partial charge in [0.1, 0.15) is 0 Å². The molecular formula is C12H19NO. The smallest absolute Gasteiger partial charge is 0.0852 e. The minimum atomic E-state index is 0.299. The second-order valence-electron chi connectivity index (χ2n) is 3.34. The average Bonchev–Trinajstić information content (AvgIpc) is 2.69. The summed E-state index contributed by atoms with van der Waals surface area (Å²) >= 11 is 0. The molecule has 2 nitrogen and oxygen atoms in total. The van der Waals surface area contributed by atoms with Crippen molar-refractivity contribution >= 4 is 0 Å². The largest absolute Gasteiger partial charge is 0.373 e. The van der Waals surface area contributed by atoms with Crippen LogP contribution in [0.15, 0.2) is 24.5 Å². The summed E-state index contributed by atoms with van der Waals surface area (Å²) in [6.07, 6.45) is 5.12. The van der Waals surface area contributed by atoms with Crippen LogP contribution in [0.4, 0.5) is 0 Å². The van der Waals surface area contributed by atoms with Crippen LogP contribution in [0.5, 0.6) is 0 Å². The van der Waals surface area contributed by atoms with E-state index in [-0.39, 0.29) is 0 Å². The molecule has 2 atom stereocenters. The number of pyridine rings is 1. The van der Waals surface area contributed by atoms with Gasteiger partial charge in [-0.15, -0.1) is 0 Å². The van der Waals surface area contributed by atoms with E-state index in [2.05, 4.69) is 11.9 Å². The van der Waals surface area contributed by atoms with Crippen molar-refractivity contribution in [2.45, 2.75) is 33.3 Å². The van der Waals surface area contributed by atoms with Gasteiger partial charge in [0, 0.05) is 19.0 Å². The lowest BCUT2D eigenvalue weighted by atomic mass is 9.98. The van der Waals surface area contributed by atoms with Gasteiger partial charge in [0.2, 0.25) is 0 Å². The highest BCUT2D eigenvalue weighted by molar-refractivity contribution is 5.14. The van der Waals surface area contributed by atoms with Crippen LogP contribution >= 0.6 is 0 Å². The molecule has 0 radical (unpaired) electrons. The first-order valence-corrected chi connectivity index (χ1v) is 5.39. The summed E-state index contributed by atoms with van der Waals surface area (Å²) in [4.78, 5) is 3.99. The molecule has 78 valence electrons. The summed E-state index contributed by atoms with van der Waals surface area (Å²) in [5, 5.41) is 0. The quantitative estimate of drug-likeness (QED) is 0.683. The molecule has 0 bridgehead atoms. The van der Waals surface area contributed by atoms with Gasteiger partial charge in [-0.25, -0.2) is 0 Å². The minimum absolute atomic E-state index is 0.299. The Morgan fingerprint density at radius 2 is 1.93 bits per heavy atom. The monoisotopic (exact) mass is 193 g/mol. The van der Waals surface area contributed by atoms with Gasteiger partial charge < -0.3 is 4.74 Å². The molecule has 0 N–H and O–H groups in total. The van der Waals surface area contributed by atoms with Gasteiger partial charge in [-0.3, -0.25) is 4.98 Å². The van der Waals surface area contributed by atoms with Crippen LogP contribution in [-0.4, -0.2) is 11.6 Å². The molecule has 2 unspecified atom stereocenters. The highest BCUT2D eigenvalue weighted by atomic mass is 16.5. The Balaban J connectivity index is 0.000000461. The topological polar surface area (TPSA) is 22.1 Å². The van der Waals surface area contributed by atoms with Crippen molar-refractivity contribution in [2.24, 2.45) is 5.92 Å². The fourth-order valence-electron chi connectivity index (χ4n) is 1.67. The number of ether oxygens (including phenoxy) is 1. The van der Waals surface area contributed by atoms with Crippen LogP contribution in [0.1, 0.15) is 38.9 Å². The number of hydrogen-bond acceptors (Lipinski definition) is 2. The first-order chi connectivity index (χ1) is 6.88.